The van der Waals surface area contributed by atoms with Gasteiger partial charge in [-0.25, -0.2) is 18.7 Å². The van der Waals surface area contributed by atoms with Gasteiger partial charge in [0.25, 0.3) is 0 Å². The van der Waals surface area contributed by atoms with Crippen LogP contribution in [0.2, 0.25) is 5.02 Å². The molecule has 0 bridgehead atoms. The third-order valence-electron chi connectivity index (χ3n) is 4.79. The summed E-state index contributed by atoms with van der Waals surface area (Å²) in [6, 6.07) is 1.51. The normalized spacial score (nSPS) is 17.1. The highest BCUT2D eigenvalue weighted by Crippen LogP contribution is 2.40. The van der Waals surface area contributed by atoms with Gasteiger partial charge in [-0.15, -0.1) is 0 Å². The fourth-order valence-corrected chi connectivity index (χ4v) is 4.26. The van der Waals surface area contributed by atoms with Crippen molar-refractivity contribution in [2.75, 3.05) is 17.8 Å². The van der Waals surface area contributed by atoms with Crippen LogP contribution in [0.25, 0.3) is 10.9 Å². The number of rotatable bonds is 3. The largest absolute Gasteiger partial charge is 0.394 e. The molecule has 1 aliphatic heterocycles. The zero-order valence-corrected chi connectivity index (χ0v) is 17.8. The van der Waals surface area contributed by atoms with Crippen LogP contribution >= 0.6 is 39.3 Å². The van der Waals surface area contributed by atoms with E-state index in [1.807, 2.05) is 10.7 Å². The molecule has 6 nitrogen and oxygen atoms in total. The first-order chi connectivity index (χ1) is 13.5. The molecule has 148 valence electrons. The maximum atomic E-state index is 15.1. The maximum Gasteiger partial charge on any atom is 0.189 e. The number of thioether (sulfide) groups is 1. The van der Waals surface area contributed by atoms with Crippen LogP contribution in [0.1, 0.15) is 12.1 Å². The minimum atomic E-state index is -0.804. The number of aryl methyl sites for hydroxylation is 1. The lowest BCUT2D eigenvalue weighted by Gasteiger charge is -2.30. The first-order valence-corrected chi connectivity index (χ1v) is 10.8. The van der Waals surface area contributed by atoms with Crippen molar-refractivity contribution in [3.63, 3.8) is 0 Å². The standard InChI is InChI=1S/C17H15BrClF2N5OS/c1-28-17-23-15-10(13(20)12(19)11(18)14(15)21)16(24-17)25-6-8-2-4-22-26(8)5-3-9(25)7-27/h2,4,9,27H,3,5-7H2,1H3. The minimum absolute atomic E-state index is 0.102. The third kappa shape index (κ3) is 3.16. The molecule has 1 atom stereocenters. The van der Waals surface area contributed by atoms with Gasteiger partial charge < -0.3 is 10.0 Å². The minimum Gasteiger partial charge on any atom is -0.394 e. The van der Waals surface area contributed by atoms with Crippen LogP contribution in [0.15, 0.2) is 21.9 Å². The van der Waals surface area contributed by atoms with Gasteiger partial charge in [0.15, 0.2) is 16.8 Å². The number of aromatic nitrogens is 4. The molecule has 0 saturated heterocycles. The summed E-state index contributed by atoms with van der Waals surface area (Å²) in [5.74, 6) is -1.35. The molecule has 3 heterocycles. The Morgan fingerprint density at radius 2 is 2.14 bits per heavy atom. The highest BCUT2D eigenvalue weighted by molar-refractivity contribution is 9.10. The number of aliphatic hydroxyl groups is 1. The van der Waals surface area contributed by atoms with Crippen LogP contribution in [-0.4, -0.2) is 43.8 Å². The van der Waals surface area contributed by atoms with Crippen LogP contribution in [0.5, 0.6) is 0 Å². The van der Waals surface area contributed by atoms with E-state index in [0.29, 0.717) is 24.7 Å². The fourth-order valence-electron chi connectivity index (χ4n) is 3.36. The van der Waals surface area contributed by atoms with Crippen LogP contribution in [0, 0.1) is 11.6 Å². The molecule has 0 fully saturated rings. The Balaban J connectivity index is 2.01. The van der Waals surface area contributed by atoms with Crippen LogP contribution in [-0.2, 0) is 13.1 Å². The first-order valence-electron chi connectivity index (χ1n) is 8.42. The van der Waals surface area contributed by atoms with E-state index in [2.05, 4.69) is 31.0 Å². The zero-order valence-electron chi connectivity index (χ0n) is 14.7. The highest BCUT2D eigenvalue weighted by atomic mass is 79.9. The van der Waals surface area contributed by atoms with E-state index in [9.17, 15) is 9.50 Å². The molecule has 1 aliphatic rings. The average molecular weight is 491 g/mol. The zero-order chi connectivity index (χ0) is 20.0. The first kappa shape index (κ1) is 19.8. The van der Waals surface area contributed by atoms with Crippen molar-refractivity contribution in [3.05, 3.63) is 39.1 Å². The molecule has 0 radical (unpaired) electrons. The number of anilines is 1. The Kier molecular flexibility index (Phi) is 5.47. The van der Waals surface area contributed by atoms with Crippen molar-refractivity contribution in [1.82, 2.24) is 19.7 Å². The van der Waals surface area contributed by atoms with Crippen LogP contribution in [0.4, 0.5) is 14.6 Å². The molecular weight excluding hydrogens is 476 g/mol. The summed E-state index contributed by atoms with van der Waals surface area (Å²) in [4.78, 5) is 10.4. The Morgan fingerprint density at radius 1 is 1.36 bits per heavy atom. The van der Waals surface area contributed by atoms with Gasteiger partial charge in [-0.3, -0.25) is 4.68 Å². The molecule has 28 heavy (non-hydrogen) atoms. The van der Waals surface area contributed by atoms with Crippen molar-refractivity contribution in [2.45, 2.75) is 30.7 Å². The Morgan fingerprint density at radius 3 is 2.86 bits per heavy atom. The van der Waals surface area contributed by atoms with Crippen molar-refractivity contribution in [2.24, 2.45) is 0 Å². The van der Waals surface area contributed by atoms with Crippen molar-refractivity contribution in [1.29, 1.82) is 0 Å². The number of aliphatic hydroxyl groups excluding tert-OH is 1. The smallest absolute Gasteiger partial charge is 0.189 e. The van der Waals surface area contributed by atoms with Gasteiger partial charge in [0.05, 0.1) is 39.8 Å². The Labute approximate surface area is 177 Å². The second-order valence-electron chi connectivity index (χ2n) is 6.31. The second-order valence-corrected chi connectivity index (χ2v) is 8.26. The number of benzene rings is 1. The molecule has 1 N–H and O–H groups in total. The fraction of sp³-hybridized carbons (Fsp3) is 0.353. The molecule has 1 unspecified atom stereocenters. The van der Waals surface area contributed by atoms with E-state index in [4.69, 9.17) is 11.6 Å². The van der Waals surface area contributed by atoms with Gasteiger partial charge in [-0.05, 0) is 34.7 Å². The Hall–Kier alpha value is -1.49. The number of nitrogens with zero attached hydrogens (tertiary/aromatic N) is 5. The van der Waals surface area contributed by atoms with Gasteiger partial charge >= 0.3 is 0 Å². The van der Waals surface area contributed by atoms with Gasteiger partial charge in [0.2, 0.25) is 0 Å². The number of fused-ring (bicyclic) bond motifs is 2. The topological polar surface area (TPSA) is 67.1 Å². The Bertz CT molecular complexity index is 1070. The molecule has 0 saturated carbocycles. The molecular formula is C17H15BrClF2N5OS. The highest BCUT2D eigenvalue weighted by Gasteiger charge is 2.30. The summed E-state index contributed by atoms with van der Waals surface area (Å²) in [5.41, 5.74) is 0.732. The molecule has 3 aromatic rings. The molecule has 2 aromatic heterocycles. The van der Waals surface area contributed by atoms with Gasteiger partial charge in [-0.1, -0.05) is 23.4 Å². The average Bonchev–Trinajstić information content (AvgIpc) is 3.08. The summed E-state index contributed by atoms with van der Waals surface area (Å²) in [7, 11) is 0. The lowest BCUT2D eigenvalue weighted by molar-refractivity contribution is 0.250. The monoisotopic (exact) mass is 489 g/mol. The van der Waals surface area contributed by atoms with E-state index in [-0.39, 0.29) is 38.9 Å². The van der Waals surface area contributed by atoms with Crippen LogP contribution < -0.4 is 4.90 Å². The lowest BCUT2D eigenvalue weighted by atomic mass is 10.1. The maximum absolute atomic E-state index is 15.1. The van der Waals surface area contributed by atoms with Crippen molar-refractivity contribution >= 4 is 56.0 Å². The van der Waals surface area contributed by atoms with E-state index in [0.717, 1.165) is 5.69 Å². The predicted molar refractivity (Wildman–Crippen MR) is 108 cm³/mol. The summed E-state index contributed by atoms with van der Waals surface area (Å²) >= 11 is 10.2. The SMILES string of the molecule is CSc1nc(N2Cc3ccnn3CCC2CO)c2c(F)c(Cl)c(Br)c(F)c2n1. The van der Waals surface area contributed by atoms with Crippen LogP contribution in [0.3, 0.4) is 0 Å². The predicted octanol–water partition coefficient (Wildman–Crippen LogP) is 4.01. The number of hydrogen-bond acceptors (Lipinski definition) is 6. The molecule has 4 rings (SSSR count). The van der Waals surface area contributed by atoms with E-state index >= 15 is 4.39 Å². The van der Waals surface area contributed by atoms with E-state index in [1.54, 1.807) is 17.4 Å². The summed E-state index contributed by atoms with van der Waals surface area (Å²) in [6.45, 7) is 0.769. The molecule has 0 aliphatic carbocycles. The summed E-state index contributed by atoms with van der Waals surface area (Å²) < 4.78 is 31.7. The van der Waals surface area contributed by atoms with Crippen molar-refractivity contribution in [3.8, 4) is 0 Å². The van der Waals surface area contributed by atoms with Gasteiger partial charge in [0.1, 0.15) is 11.3 Å². The lowest BCUT2D eigenvalue weighted by Crippen LogP contribution is -2.37. The van der Waals surface area contributed by atoms with E-state index < -0.39 is 11.6 Å². The second kappa shape index (κ2) is 7.74. The molecule has 0 amide bonds. The van der Waals surface area contributed by atoms with Gasteiger partial charge in [0, 0.05) is 12.7 Å². The quantitative estimate of drug-likeness (QED) is 0.259. The molecule has 1 aromatic carbocycles. The number of halogens is 4. The molecule has 11 heteroatoms. The van der Waals surface area contributed by atoms with Gasteiger partial charge in [-0.2, -0.15) is 5.10 Å². The van der Waals surface area contributed by atoms with E-state index in [1.165, 1.54) is 11.8 Å². The number of hydrogen-bond donors (Lipinski definition) is 1. The third-order valence-corrected chi connectivity index (χ3v) is 6.67. The molecule has 0 spiro atoms. The van der Waals surface area contributed by atoms with Crippen molar-refractivity contribution < 1.29 is 13.9 Å². The summed E-state index contributed by atoms with van der Waals surface area (Å²) in [5, 5.41) is 14.1. The summed E-state index contributed by atoms with van der Waals surface area (Å²) in [6.07, 6.45) is 4.01.